The Balaban J connectivity index is 0.00000281. The minimum atomic E-state index is -4.52. The van der Waals surface area contributed by atoms with E-state index in [-0.39, 0.29) is 18.4 Å². The molecule has 1 aromatic heterocycles. The summed E-state index contributed by atoms with van der Waals surface area (Å²) in [4.78, 5) is 8.41. The molecule has 0 aliphatic rings. The Morgan fingerprint density at radius 3 is 2.56 bits per heavy atom. The Hall–Kier alpha value is -2.50. The topological polar surface area (TPSA) is 46.5 Å². The molecule has 2 aromatic rings. The minimum absolute atomic E-state index is 0.139. The van der Waals surface area contributed by atoms with Crippen molar-refractivity contribution in [2.75, 3.05) is 17.9 Å². The van der Waals surface area contributed by atoms with Crippen LogP contribution < -0.4 is 10.1 Å². The van der Waals surface area contributed by atoms with Crippen molar-refractivity contribution in [1.82, 2.24) is 4.98 Å². The van der Waals surface area contributed by atoms with Crippen LogP contribution in [0.3, 0.4) is 0 Å². The van der Waals surface area contributed by atoms with E-state index in [9.17, 15) is 13.2 Å². The summed E-state index contributed by atoms with van der Waals surface area (Å²) in [7, 11) is 0. The molecule has 1 heterocycles. The molecule has 0 atom stereocenters. The number of nitrogens with one attached hydrogen (secondary N) is 1. The Morgan fingerprint density at radius 1 is 1.21 bits per heavy atom. The van der Waals surface area contributed by atoms with Crippen molar-refractivity contribution in [2.24, 2.45) is 4.99 Å². The molecule has 0 bridgehead atoms. The molecule has 0 fully saturated rings. The van der Waals surface area contributed by atoms with E-state index in [0.29, 0.717) is 16.5 Å². The lowest BCUT2D eigenvalue weighted by atomic mass is 10.1. The molecule has 0 amide bonds. The van der Waals surface area contributed by atoms with E-state index < -0.39 is 11.7 Å². The van der Waals surface area contributed by atoms with Gasteiger partial charge in [0.2, 0.25) is 0 Å². The number of benzene rings is 1. The fourth-order valence-corrected chi connectivity index (χ4v) is 3.84. The second-order valence-corrected chi connectivity index (χ2v) is 8.26. The van der Waals surface area contributed by atoms with Crippen LogP contribution >= 0.6 is 22.9 Å². The first-order chi connectivity index (χ1) is 16.4. The van der Waals surface area contributed by atoms with Gasteiger partial charge in [-0.25, -0.2) is 4.98 Å². The van der Waals surface area contributed by atoms with E-state index >= 15 is 0 Å². The van der Waals surface area contributed by atoms with Crippen molar-refractivity contribution in [3.05, 3.63) is 40.9 Å². The van der Waals surface area contributed by atoms with Crippen molar-refractivity contribution in [1.29, 1.82) is 0 Å². The molecule has 0 saturated carbocycles. The van der Waals surface area contributed by atoms with Gasteiger partial charge in [0, 0.05) is 22.9 Å². The third kappa shape index (κ3) is 10.2. The molecule has 2 rings (SSSR count). The van der Waals surface area contributed by atoms with Crippen LogP contribution in [0.25, 0.3) is 5.57 Å². The maximum atomic E-state index is 13.6. The van der Waals surface area contributed by atoms with Crippen LogP contribution in [-0.2, 0) is 6.18 Å². The van der Waals surface area contributed by atoms with Gasteiger partial charge in [-0.3, -0.25) is 4.99 Å². The number of unbranched alkanes of at least 4 members (excludes halogenated alkanes) is 5. The Kier molecular flexibility index (Phi) is 14.1. The van der Waals surface area contributed by atoms with E-state index in [1.54, 1.807) is 17.7 Å². The minimum Gasteiger partial charge on any atom is -0.493 e. The quantitative estimate of drug-likeness (QED) is 0.0959. The summed E-state index contributed by atoms with van der Waals surface area (Å²) >= 11 is 6.87. The molecular formula is C25H31ClF3N3OS. The van der Waals surface area contributed by atoms with Crippen molar-refractivity contribution in [3.8, 4) is 18.6 Å². The standard InChI is InChI=1S/C23H29ClF3N3OS.C2H2/c1-3-5-6-7-8-9-12-31-21-11-10-18(13-19(21)23(25,26)27)29-22-30-20(15-32-22)17(4-2)14-28-16-24;1-2/h4,10-11,13-15H,3,5-9,12,16H2,1-2H3,(H,29,30);1-2H/b17-4+,28-14-;. The zero-order valence-electron chi connectivity index (χ0n) is 19.5. The van der Waals surface area contributed by atoms with Crippen LogP contribution in [0.5, 0.6) is 5.75 Å². The summed E-state index contributed by atoms with van der Waals surface area (Å²) in [5.41, 5.74) is 0.948. The van der Waals surface area contributed by atoms with Crippen LogP contribution in [-0.4, -0.2) is 23.8 Å². The van der Waals surface area contributed by atoms with Crippen LogP contribution in [0.15, 0.2) is 34.6 Å². The van der Waals surface area contributed by atoms with Crippen LogP contribution in [0.4, 0.5) is 24.0 Å². The van der Waals surface area contributed by atoms with Crippen LogP contribution in [0.1, 0.15) is 63.6 Å². The van der Waals surface area contributed by atoms with Crippen molar-refractivity contribution in [2.45, 2.75) is 58.5 Å². The molecule has 0 spiro atoms. The molecule has 34 heavy (non-hydrogen) atoms. The number of terminal acetylenes is 1. The maximum absolute atomic E-state index is 13.6. The third-order valence-corrected chi connectivity index (χ3v) is 5.60. The van der Waals surface area contributed by atoms with Crippen LogP contribution in [0.2, 0.25) is 0 Å². The SMILES string of the molecule is C#C.C/C=C(\C=N/CCl)c1csc(Nc2ccc(OCCCCCCCC)c(C(F)(F)F)c2)n1. The second-order valence-electron chi connectivity index (χ2n) is 7.16. The number of hydrogen-bond donors (Lipinski definition) is 1. The maximum Gasteiger partial charge on any atom is 0.420 e. The number of thiazole rings is 1. The average Bonchev–Trinajstić information content (AvgIpc) is 3.28. The summed E-state index contributed by atoms with van der Waals surface area (Å²) in [6.07, 6.45) is 13.2. The first-order valence-corrected chi connectivity index (χ1v) is 12.4. The lowest BCUT2D eigenvalue weighted by molar-refractivity contribution is -0.138. The summed E-state index contributed by atoms with van der Waals surface area (Å²) in [6.45, 7) is 4.26. The first kappa shape index (κ1) is 29.5. The Bertz CT molecular complexity index is 939. The summed E-state index contributed by atoms with van der Waals surface area (Å²) in [5, 5.41) is 5.23. The number of alkyl halides is 4. The zero-order valence-corrected chi connectivity index (χ0v) is 21.1. The second kappa shape index (κ2) is 16.2. The molecule has 0 unspecified atom stereocenters. The summed E-state index contributed by atoms with van der Waals surface area (Å²) < 4.78 is 46.3. The predicted molar refractivity (Wildman–Crippen MR) is 138 cm³/mol. The molecule has 4 nitrogen and oxygen atoms in total. The van der Waals surface area contributed by atoms with Gasteiger partial charge in [-0.05, 0) is 31.5 Å². The van der Waals surface area contributed by atoms with Crippen molar-refractivity contribution in [3.63, 3.8) is 0 Å². The number of aromatic nitrogens is 1. The van der Waals surface area contributed by atoms with Gasteiger partial charge in [-0.2, -0.15) is 13.2 Å². The van der Waals surface area contributed by atoms with Gasteiger partial charge in [-0.1, -0.05) is 45.1 Å². The summed E-state index contributed by atoms with van der Waals surface area (Å²) in [6, 6.07) is 4.13. The smallest absolute Gasteiger partial charge is 0.420 e. The van der Waals surface area contributed by atoms with E-state index in [1.807, 2.05) is 13.0 Å². The number of nitrogens with zero attached hydrogens (tertiary/aromatic N) is 2. The van der Waals surface area contributed by atoms with Crippen molar-refractivity contribution < 1.29 is 17.9 Å². The molecule has 0 saturated heterocycles. The number of halogens is 4. The number of hydrogen-bond acceptors (Lipinski definition) is 5. The van der Waals surface area contributed by atoms with E-state index in [0.717, 1.165) is 43.7 Å². The molecule has 0 aliphatic heterocycles. The Morgan fingerprint density at radius 2 is 1.91 bits per heavy atom. The molecule has 1 aromatic carbocycles. The third-order valence-electron chi connectivity index (χ3n) is 4.70. The number of anilines is 2. The highest BCUT2D eigenvalue weighted by Gasteiger charge is 2.34. The predicted octanol–water partition coefficient (Wildman–Crippen LogP) is 8.56. The normalized spacial score (nSPS) is 11.8. The van der Waals surface area contributed by atoms with Gasteiger partial charge in [0.15, 0.2) is 5.13 Å². The highest BCUT2D eigenvalue weighted by molar-refractivity contribution is 7.13. The van der Waals surface area contributed by atoms with Gasteiger partial charge >= 0.3 is 6.18 Å². The highest BCUT2D eigenvalue weighted by atomic mass is 35.5. The van der Waals surface area contributed by atoms with Gasteiger partial charge in [0.05, 0.1) is 17.9 Å². The van der Waals surface area contributed by atoms with Gasteiger partial charge < -0.3 is 10.1 Å². The molecule has 0 aliphatic carbocycles. The van der Waals surface area contributed by atoms with Gasteiger partial charge in [-0.15, -0.1) is 35.8 Å². The van der Waals surface area contributed by atoms with Gasteiger partial charge in [0.25, 0.3) is 0 Å². The molecule has 9 heteroatoms. The van der Waals surface area contributed by atoms with Crippen LogP contribution in [0, 0.1) is 12.8 Å². The molecule has 1 N–H and O–H groups in total. The molecular weight excluding hydrogens is 483 g/mol. The number of rotatable bonds is 13. The van der Waals surface area contributed by atoms with Crippen molar-refractivity contribution >= 4 is 45.5 Å². The monoisotopic (exact) mass is 513 g/mol. The fourth-order valence-electron chi connectivity index (χ4n) is 3.03. The van der Waals surface area contributed by atoms with E-state index in [1.165, 1.54) is 23.8 Å². The van der Waals surface area contributed by atoms with Gasteiger partial charge in [0.1, 0.15) is 11.8 Å². The Labute approximate surface area is 209 Å². The van der Waals surface area contributed by atoms with E-state index in [4.69, 9.17) is 16.3 Å². The average molecular weight is 514 g/mol. The zero-order chi connectivity index (χ0) is 25.4. The largest absolute Gasteiger partial charge is 0.493 e. The molecule has 0 radical (unpaired) electrons. The lowest BCUT2D eigenvalue weighted by Gasteiger charge is -2.15. The number of ether oxygens (including phenoxy) is 1. The fraction of sp³-hybridized carbons (Fsp3) is 0.440. The molecule has 186 valence electrons. The van der Waals surface area contributed by atoms with E-state index in [2.05, 4.69) is 35.1 Å². The number of aliphatic imine (C=N–C) groups is 1. The first-order valence-electron chi connectivity index (χ1n) is 11.0. The lowest BCUT2D eigenvalue weighted by Crippen LogP contribution is -2.10. The summed E-state index contributed by atoms with van der Waals surface area (Å²) in [5.74, 6) is -0.148. The number of allylic oxidation sites excluding steroid dienone is 2. The highest BCUT2D eigenvalue weighted by Crippen LogP contribution is 2.38.